The molecule has 3 aromatic rings. The third-order valence-corrected chi connectivity index (χ3v) is 8.13. The van der Waals surface area contributed by atoms with Crippen molar-refractivity contribution in [3.05, 3.63) is 72.0 Å². The van der Waals surface area contributed by atoms with Gasteiger partial charge in [-0.25, -0.2) is 12.8 Å². The molecule has 0 bridgehead atoms. The monoisotopic (exact) mass is 558 g/mol. The lowest BCUT2D eigenvalue weighted by Gasteiger charge is -2.41. The third-order valence-electron chi connectivity index (χ3n) is 6.37. The number of ether oxygens (including phenoxy) is 2. The number of hydrogen-bond acceptors (Lipinski definition) is 5. The van der Waals surface area contributed by atoms with Crippen molar-refractivity contribution in [3.63, 3.8) is 0 Å². The molecule has 0 aliphatic carbocycles. The molecule has 1 saturated heterocycles. The predicted octanol–water partition coefficient (Wildman–Crippen LogP) is 5.43. The maximum absolute atomic E-state index is 14.2. The van der Waals surface area contributed by atoms with Crippen LogP contribution in [0.1, 0.15) is 12.0 Å². The average molecular weight is 559 g/mol. The average Bonchev–Trinajstić information content (AvgIpc) is 3.29. The fraction of sp³-hybridized carbons (Fsp3) is 0.280. The van der Waals surface area contributed by atoms with E-state index in [1.807, 2.05) is 0 Å². The molecule has 1 fully saturated rings. The molecule has 0 saturated carbocycles. The van der Waals surface area contributed by atoms with E-state index >= 15 is 0 Å². The van der Waals surface area contributed by atoms with Gasteiger partial charge in [-0.15, -0.1) is 0 Å². The Balaban J connectivity index is 1.63. The Morgan fingerprint density at radius 3 is 2.50 bits per heavy atom. The number of hydrogen-bond donors (Lipinski definition) is 1. The largest absolute Gasteiger partial charge is 0.482 e. The molecule has 6 nitrogen and oxygen atoms in total. The number of sulfonamides is 1. The van der Waals surface area contributed by atoms with Gasteiger partial charge in [0.05, 0.1) is 22.7 Å². The van der Waals surface area contributed by atoms with E-state index in [1.165, 1.54) is 18.2 Å². The van der Waals surface area contributed by atoms with Gasteiger partial charge in [0.2, 0.25) is 0 Å². The summed E-state index contributed by atoms with van der Waals surface area (Å²) in [6.07, 6.45) is -4.31. The van der Waals surface area contributed by atoms with Gasteiger partial charge in [-0.2, -0.15) is 22.0 Å². The lowest BCUT2D eigenvalue weighted by molar-refractivity contribution is -0.137. The van der Waals surface area contributed by atoms with Crippen LogP contribution >= 0.6 is 0 Å². The van der Waals surface area contributed by atoms with Crippen LogP contribution in [0.5, 0.6) is 11.5 Å². The van der Waals surface area contributed by atoms with Crippen LogP contribution in [0.25, 0.3) is 11.1 Å². The van der Waals surface area contributed by atoms with Crippen LogP contribution in [0, 0.1) is 5.82 Å². The molecule has 5 rings (SSSR count). The van der Waals surface area contributed by atoms with Gasteiger partial charge in [0.15, 0.2) is 0 Å². The minimum absolute atomic E-state index is 0.0121. The molecule has 2 heterocycles. The Hall–Kier alpha value is -3.45. The van der Waals surface area contributed by atoms with Crippen molar-refractivity contribution in [2.75, 3.05) is 23.9 Å². The van der Waals surface area contributed by atoms with E-state index in [9.17, 15) is 34.8 Å². The lowest BCUT2D eigenvalue weighted by Crippen LogP contribution is -2.54. The van der Waals surface area contributed by atoms with E-state index in [0.717, 1.165) is 40.7 Å². The van der Waals surface area contributed by atoms with Crippen molar-refractivity contribution in [2.45, 2.75) is 29.7 Å². The zero-order chi connectivity index (χ0) is 27.3. The number of benzene rings is 3. The van der Waals surface area contributed by atoms with Crippen LogP contribution in [0.2, 0.25) is 0 Å². The Labute approximate surface area is 213 Å². The Bertz CT molecular complexity index is 1470. The molecule has 1 unspecified atom stereocenters. The fourth-order valence-corrected chi connectivity index (χ4v) is 6.20. The van der Waals surface area contributed by atoms with Crippen molar-refractivity contribution in [2.24, 2.45) is 0 Å². The molecule has 0 amide bonds. The van der Waals surface area contributed by atoms with Gasteiger partial charge in [0, 0.05) is 19.0 Å². The fourth-order valence-electron chi connectivity index (χ4n) is 4.61. The minimum Gasteiger partial charge on any atom is -0.482 e. The first-order valence-electron chi connectivity index (χ1n) is 11.4. The molecule has 3 aromatic carbocycles. The smallest absolute Gasteiger partial charge is 0.416 e. The molecule has 202 valence electrons. The summed E-state index contributed by atoms with van der Waals surface area (Å²) in [5.74, 6) is -1.15. The molecule has 1 spiro atoms. The van der Waals surface area contributed by atoms with Crippen LogP contribution in [0.3, 0.4) is 0 Å². The SMILES string of the molecule is O=S(=O)(c1cccc(C(F)(F)F)c1)N1CC2(CCNC2)Oc2ccc(-c3cc(F)cc(OC(F)F)c3)cc21. The van der Waals surface area contributed by atoms with Gasteiger partial charge >= 0.3 is 12.8 Å². The van der Waals surface area contributed by atoms with E-state index in [4.69, 9.17) is 4.74 Å². The molecule has 38 heavy (non-hydrogen) atoms. The summed E-state index contributed by atoms with van der Waals surface area (Å²) >= 11 is 0. The molecular weight excluding hydrogens is 538 g/mol. The van der Waals surface area contributed by atoms with E-state index in [2.05, 4.69) is 10.1 Å². The highest BCUT2D eigenvalue weighted by atomic mass is 32.2. The second-order valence-corrected chi connectivity index (χ2v) is 10.8. The maximum atomic E-state index is 14.2. The van der Waals surface area contributed by atoms with Crippen molar-refractivity contribution in [1.82, 2.24) is 5.32 Å². The number of alkyl halides is 5. The highest BCUT2D eigenvalue weighted by Gasteiger charge is 2.46. The molecule has 1 N–H and O–H groups in total. The predicted molar refractivity (Wildman–Crippen MR) is 125 cm³/mol. The first kappa shape index (κ1) is 26.2. The summed E-state index contributed by atoms with van der Waals surface area (Å²) in [5.41, 5.74) is -1.71. The summed E-state index contributed by atoms with van der Waals surface area (Å²) in [6.45, 7) is -2.54. The van der Waals surface area contributed by atoms with Gasteiger partial charge in [0.25, 0.3) is 10.0 Å². The molecule has 0 aromatic heterocycles. The van der Waals surface area contributed by atoms with Crippen LogP contribution in [0.4, 0.5) is 32.0 Å². The van der Waals surface area contributed by atoms with Gasteiger partial charge in [-0.05, 0) is 60.1 Å². The highest BCUT2D eigenvalue weighted by molar-refractivity contribution is 7.92. The van der Waals surface area contributed by atoms with Gasteiger partial charge in [0.1, 0.15) is 22.9 Å². The van der Waals surface area contributed by atoms with Gasteiger partial charge in [-0.1, -0.05) is 12.1 Å². The lowest BCUT2D eigenvalue weighted by atomic mass is 9.99. The zero-order valence-electron chi connectivity index (χ0n) is 19.4. The molecular formula is C25H20F6N2O4S. The van der Waals surface area contributed by atoms with Crippen molar-refractivity contribution in [3.8, 4) is 22.6 Å². The van der Waals surface area contributed by atoms with Crippen LogP contribution in [0.15, 0.2) is 65.6 Å². The second kappa shape index (κ2) is 9.38. The van der Waals surface area contributed by atoms with Crippen molar-refractivity contribution in [1.29, 1.82) is 0 Å². The Kier molecular flexibility index (Phi) is 6.46. The standard InChI is InChI=1S/C25H20F6N2O4S/c26-18-8-16(9-19(12-18)36-23(27)28)15-4-5-22-21(10-15)33(14-24(37-22)6-7-32-13-24)38(34,35)20-3-1-2-17(11-20)25(29,30)31/h1-5,8-12,23,32H,6-7,13-14H2. The summed E-state index contributed by atoms with van der Waals surface area (Å²) in [7, 11) is -4.53. The van der Waals surface area contributed by atoms with E-state index in [-0.39, 0.29) is 29.1 Å². The highest BCUT2D eigenvalue weighted by Crippen LogP contribution is 2.44. The first-order chi connectivity index (χ1) is 17.9. The first-order valence-corrected chi connectivity index (χ1v) is 12.8. The Morgan fingerprint density at radius 2 is 1.82 bits per heavy atom. The number of rotatable bonds is 5. The van der Waals surface area contributed by atoms with Crippen molar-refractivity contribution >= 4 is 15.7 Å². The number of fused-ring (bicyclic) bond motifs is 1. The second-order valence-electron chi connectivity index (χ2n) is 8.99. The minimum atomic E-state index is -4.76. The topological polar surface area (TPSA) is 67.9 Å². The molecule has 0 radical (unpaired) electrons. The van der Waals surface area contributed by atoms with Gasteiger partial charge in [-0.3, -0.25) is 4.31 Å². The van der Waals surface area contributed by atoms with Crippen LogP contribution < -0.4 is 19.1 Å². The normalized spacial score (nSPS) is 19.5. The maximum Gasteiger partial charge on any atom is 0.416 e. The number of anilines is 1. The van der Waals surface area contributed by atoms with E-state index in [1.54, 1.807) is 0 Å². The summed E-state index contributed by atoms with van der Waals surface area (Å²) < 4.78 is 119. The number of halogens is 6. The van der Waals surface area contributed by atoms with E-state index in [0.29, 0.717) is 25.6 Å². The number of nitrogens with one attached hydrogen (secondary N) is 1. The van der Waals surface area contributed by atoms with Crippen LogP contribution in [-0.4, -0.2) is 40.3 Å². The molecule has 2 aliphatic rings. The molecule has 2 aliphatic heterocycles. The molecule has 13 heteroatoms. The summed E-state index contributed by atoms with van der Waals surface area (Å²) in [5, 5.41) is 3.11. The third kappa shape index (κ3) is 4.99. The van der Waals surface area contributed by atoms with Crippen molar-refractivity contribution < 1.29 is 44.2 Å². The number of nitrogens with zero attached hydrogens (tertiary/aromatic N) is 1. The zero-order valence-corrected chi connectivity index (χ0v) is 20.3. The summed E-state index contributed by atoms with van der Waals surface area (Å²) in [4.78, 5) is -0.565. The molecule has 1 atom stereocenters. The van der Waals surface area contributed by atoms with E-state index < -0.39 is 50.4 Å². The Morgan fingerprint density at radius 1 is 1.03 bits per heavy atom. The van der Waals surface area contributed by atoms with Crippen LogP contribution in [-0.2, 0) is 16.2 Å². The van der Waals surface area contributed by atoms with Gasteiger partial charge < -0.3 is 14.8 Å². The summed E-state index contributed by atoms with van der Waals surface area (Å²) in [6, 6.07) is 10.7. The quantitative estimate of drug-likeness (QED) is 0.423.